The number of methoxy groups -OCH3 is 1. The molecule has 0 atom stereocenters. The molecule has 0 radical (unpaired) electrons. The first-order valence-electron chi connectivity index (χ1n) is 6.78. The number of ether oxygens (including phenoxy) is 1. The minimum absolute atomic E-state index is 0.000564. The van der Waals surface area contributed by atoms with Crippen molar-refractivity contribution in [3.05, 3.63) is 69.0 Å². The van der Waals surface area contributed by atoms with E-state index in [0.29, 0.717) is 0 Å². The predicted molar refractivity (Wildman–Crippen MR) is 82.9 cm³/mol. The normalized spacial score (nSPS) is 10.2. The molecule has 0 aliphatic heterocycles. The van der Waals surface area contributed by atoms with Gasteiger partial charge in [-0.3, -0.25) is 10.1 Å². The van der Waals surface area contributed by atoms with Crippen LogP contribution in [-0.4, -0.2) is 18.0 Å². The van der Waals surface area contributed by atoms with Gasteiger partial charge in [-0.15, -0.1) is 0 Å². The zero-order chi connectivity index (χ0) is 17.0. The summed E-state index contributed by atoms with van der Waals surface area (Å²) >= 11 is 0. The topological polar surface area (TPSA) is 81.5 Å². The second-order valence-corrected chi connectivity index (χ2v) is 4.93. The predicted octanol–water partition coefficient (Wildman–Crippen LogP) is 3.44. The second kappa shape index (κ2) is 6.87. The molecular formula is C16H15FN2O4. The van der Waals surface area contributed by atoms with Crippen LogP contribution in [0.3, 0.4) is 0 Å². The first-order valence-corrected chi connectivity index (χ1v) is 6.78. The molecule has 0 spiro atoms. The van der Waals surface area contributed by atoms with Crippen molar-refractivity contribution in [2.24, 2.45) is 0 Å². The fourth-order valence-corrected chi connectivity index (χ4v) is 2.09. The third kappa shape index (κ3) is 3.82. The zero-order valence-electron chi connectivity index (χ0n) is 12.6. The Hall–Kier alpha value is -2.96. The summed E-state index contributed by atoms with van der Waals surface area (Å²) in [6.45, 7) is 1.75. The fourth-order valence-electron chi connectivity index (χ4n) is 2.09. The molecule has 0 aliphatic rings. The summed E-state index contributed by atoms with van der Waals surface area (Å²) in [7, 11) is 1.24. The number of carbonyl (C=O) groups excluding carboxylic acids is 1. The van der Waals surface area contributed by atoms with Gasteiger partial charge in [0.15, 0.2) is 0 Å². The van der Waals surface area contributed by atoms with Crippen LogP contribution in [0.25, 0.3) is 0 Å². The summed E-state index contributed by atoms with van der Waals surface area (Å²) in [5.41, 5.74) is 1.37. The lowest BCUT2D eigenvalue weighted by atomic mass is 10.1. The highest BCUT2D eigenvalue weighted by Crippen LogP contribution is 2.26. The molecule has 0 bridgehead atoms. The maximum Gasteiger partial charge on any atom is 0.337 e. The lowest BCUT2D eigenvalue weighted by Gasteiger charge is -2.10. The first-order chi connectivity index (χ1) is 10.9. The number of nitrogens with one attached hydrogen (secondary N) is 1. The van der Waals surface area contributed by atoms with E-state index in [-0.39, 0.29) is 29.0 Å². The lowest BCUT2D eigenvalue weighted by molar-refractivity contribution is -0.384. The van der Waals surface area contributed by atoms with Crippen LogP contribution < -0.4 is 5.32 Å². The Balaban J connectivity index is 2.24. The number of nitrogens with zero attached hydrogens (tertiary/aromatic N) is 1. The van der Waals surface area contributed by atoms with Crippen molar-refractivity contribution in [3.8, 4) is 0 Å². The van der Waals surface area contributed by atoms with Crippen molar-refractivity contribution in [2.45, 2.75) is 13.5 Å². The largest absolute Gasteiger partial charge is 0.465 e. The number of halogens is 1. The van der Waals surface area contributed by atoms with Crippen LogP contribution >= 0.6 is 0 Å². The third-order valence-corrected chi connectivity index (χ3v) is 3.29. The van der Waals surface area contributed by atoms with Gasteiger partial charge in [-0.1, -0.05) is 6.07 Å². The molecule has 0 aliphatic carbocycles. The van der Waals surface area contributed by atoms with E-state index in [4.69, 9.17) is 0 Å². The van der Waals surface area contributed by atoms with Crippen molar-refractivity contribution < 1.29 is 18.8 Å². The molecule has 6 nitrogen and oxygen atoms in total. The van der Waals surface area contributed by atoms with E-state index in [2.05, 4.69) is 10.1 Å². The quantitative estimate of drug-likeness (QED) is 0.519. The van der Waals surface area contributed by atoms with Gasteiger partial charge in [-0.2, -0.15) is 0 Å². The van der Waals surface area contributed by atoms with Gasteiger partial charge >= 0.3 is 5.97 Å². The van der Waals surface area contributed by atoms with E-state index >= 15 is 0 Å². The Labute approximate surface area is 132 Å². The van der Waals surface area contributed by atoms with Crippen LogP contribution in [0.5, 0.6) is 0 Å². The molecule has 120 valence electrons. The molecular weight excluding hydrogens is 303 g/mol. The molecule has 2 rings (SSSR count). The number of esters is 1. The van der Waals surface area contributed by atoms with Crippen LogP contribution in [-0.2, 0) is 11.3 Å². The Morgan fingerprint density at radius 3 is 2.70 bits per heavy atom. The van der Waals surface area contributed by atoms with E-state index in [0.717, 1.165) is 11.6 Å². The maximum atomic E-state index is 13.8. The number of nitro groups is 1. The molecule has 0 amide bonds. The zero-order valence-corrected chi connectivity index (χ0v) is 12.6. The maximum absolute atomic E-state index is 13.8. The monoisotopic (exact) mass is 318 g/mol. The molecule has 2 aromatic rings. The standard InChI is InChI=1S/C16H15FN2O4/c1-10-3-6-14(15(7-10)19(21)22)18-9-12-8-11(16(20)23-2)4-5-13(12)17/h3-8,18H,9H2,1-2H3. The summed E-state index contributed by atoms with van der Waals surface area (Å²) in [4.78, 5) is 22.0. The Morgan fingerprint density at radius 1 is 1.30 bits per heavy atom. The van der Waals surface area contributed by atoms with Crippen molar-refractivity contribution in [1.82, 2.24) is 0 Å². The number of carbonyl (C=O) groups is 1. The summed E-state index contributed by atoms with van der Waals surface area (Å²) in [5, 5.41) is 13.9. The van der Waals surface area contributed by atoms with E-state index < -0.39 is 16.7 Å². The van der Waals surface area contributed by atoms with E-state index in [9.17, 15) is 19.3 Å². The highest BCUT2D eigenvalue weighted by Gasteiger charge is 2.15. The lowest BCUT2D eigenvalue weighted by Crippen LogP contribution is -2.07. The van der Waals surface area contributed by atoms with Crippen LogP contribution in [0.2, 0.25) is 0 Å². The Kier molecular flexibility index (Phi) is 4.90. The van der Waals surface area contributed by atoms with Gasteiger partial charge in [0.05, 0.1) is 17.6 Å². The number of rotatable bonds is 5. The third-order valence-electron chi connectivity index (χ3n) is 3.29. The van der Waals surface area contributed by atoms with Gasteiger partial charge in [-0.05, 0) is 36.8 Å². The molecule has 23 heavy (non-hydrogen) atoms. The smallest absolute Gasteiger partial charge is 0.337 e. The number of nitro benzene ring substituents is 1. The van der Waals surface area contributed by atoms with E-state index in [1.807, 2.05) is 0 Å². The van der Waals surface area contributed by atoms with Gasteiger partial charge in [0, 0.05) is 18.2 Å². The number of benzene rings is 2. The molecule has 0 heterocycles. The molecule has 0 saturated heterocycles. The number of hydrogen-bond donors (Lipinski definition) is 1. The van der Waals surface area contributed by atoms with Gasteiger partial charge in [-0.25, -0.2) is 9.18 Å². The molecule has 2 aromatic carbocycles. The SMILES string of the molecule is COC(=O)c1ccc(F)c(CNc2ccc(C)cc2[N+](=O)[O-])c1. The Bertz CT molecular complexity index is 762. The van der Waals surface area contributed by atoms with Gasteiger partial charge < -0.3 is 10.1 Å². The van der Waals surface area contributed by atoms with Crippen LogP contribution in [0.1, 0.15) is 21.5 Å². The molecule has 7 heteroatoms. The highest BCUT2D eigenvalue weighted by atomic mass is 19.1. The van der Waals surface area contributed by atoms with Crippen molar-refractivity contribution in [1.29, 1.82) is 0 Å². The average Bonchev–Trinajstić information content (AvgIpc) is 2.54. The molecule has 0 fully saturated rings. The van der Waals surface area contributed by atoms with Crippen LogP contribution in [0.15, 0.2) is 36.4 Å². The van der Waals surface area contributed by atoms with Crippen molar-refractivity contribution >= 4 is 17.3 Å². The molecule has 1 N–H and O–H groups in total. The summed E-state index contributed by atoms with van der Waals surface area (Å²) in [6.07, 6.45) is 0. The second-order valence-electron chi connectivity index (χ2n) is 4.93. The summed E-state index contributed by atoms with van der Waals surface area (Å²) in [5.74, 6) is -1.09. The average molecular weight is 318 g/mol. The minimum atomic E-state index is -0.576. The summed E-state index contributed by atoms with van der Waals surface area (Å²) < 4.78 is 18.4. The van der Waals surface area contributed by atoms with Gasteiger partial charge in [0.1, 0.15) is 11.5 Å². The van der Waals surface area contributed by atoms with Gasteiger partial charge in [0.2, 0.25) is 0 Å². The summed E-state index contributed by atoms with van der Waals surface area (Å²) in [6, 6.07) is 8.55. The van der Waals surface area contributed by atoms with Crippen LogP contribution in [0, 0.1) is 22.9 Å². The molecule has 0 aromatic heterocycles. The van der Waals surface area contributed by atoms with E-state index in [1.165, 1.54) is 25.3 Å². The van der Waals surface area contributed by atoms with Crippen molar-refractivity contribution in [3.63, 3.8) is 0 Å². The van der Waals surface area contributed by atoms with Gasteiger partial charge in [0.25, 0.3) is 5.69 Å². The van der Waals surface area contributed by atoms with Crippen LogP contribution in [0.4, 0.5) is 15.8 Å². The minimum Gasteiger partial charge on any atom is -0.465 e. The Morgan fingerprint density at radius 2 is 2.04 bits per heavy atom. The molecule has 0 unspecified atom stereocenters. The fraction of sp³-hybridized carbons (Fsp3) is 0.188. The number of aryl methyl sites for hydroxylation is 1. The number of hydrogen-bond acceptors (Lipinski definition) is 5. The molecule has 0 saturated carbocycles. The van der Waals surface area contributed by atoms with E-state index in [1.54, 1.807) is 19.1 Å². The first kappa shape index (κ1) is 16.4. The highest BCUT2D eigenvalue weighted by molar-refractivity contribution is 5.89. The number of anilines is 1. The van der Waals surface area contributed by atoms with Crippen molar-refractivity contribution in [2.75, 3.05) is 12.4 Å².